The van der Waals surface area contributed by atoms with E-state index in [-0.39, 0.29) is 5.78 Å². The van der Waals surface area contributed by atoms with Crippen LogP contribution in [0.25, 0.3) is 0 Å². The van der Waals surface area contributed by atoms with Crippen LogP contribution in [0.15, 0.2) is 6.20 Å². The molecule has 0 aliphatic heterocycles. The maximum absolute atomic E-state index is 10.7. The number of anilines is 1. The molecule has 0 saturated carbocycles. The molecule has 11 heavy (non-hydrogen) atoms. The summed E-state index contributed by atoms with van der Waals surface area (Å²) in [4.78, 5) is 24.4. The molecule has 0 atom stereocenters. The molecule has 1 N–H and O–H groups in total. The zero-order chi connectivity index (χ0) is 8.27. The minimum Gasteiger partial charge on any atom is -0.319 e. The van der Waals surface area contributed by atoms with Gasteiger partial charge >= 0.3 is 0 Å². The topological polar surface area (TPSA) is 59.1 Å². The molecule has 1 amide bonds. The number of rotatable bonds is 3. The molecule has 0 spiro atoms. The molecule has 0 saturated heterocycles. The molecule has 0 bridgehead atoms. The highest BCUT2D eigenvalue weighted by molar-refractivity contribution is 7.17. The van der Waals surface area contributed by atoms with Gasteiger partial charge in [-0.05, 0) is 0 Å². The summed E-state index contributed by atoms with van der Waals surface area (Å²) in [5.74, 6) is -0.0889. The van der Waals surface area contributed by atoms with Gasteiger partial charge in [-0.1, -0.05) is 11.3 Å². The molecule has 1 rings (SSSR count). The van der Waals surface area contributed by atoms with E-state index in [0.29, 0.717) is 16.4 Å². The summed E-state index contributed by atoms with van der Waals surface area (Å²) < 4.78 is 0. The predicted molar refractivity (Wildman–Crippen MR) is 41.8 cm³/mol. The Balaban J connectivity index is 2.81. The summed E-state index contributed by atoms with van der Waals surface area (Å²) >= 11 is 1.16. The number of carbonyl (C=O) groups is 2. The molecule has 4 nitrogen and oxygen atoms in total. The third-order valence-electron chi connectivity index (χ3n) is 1.01. The van der Waals surface area contributed by atoms with E-state index in [0.717, 1.165) is 11.3 Å². The molecule has 0 fully saturated rings. The Kier molecular flexibility index (Phi) is 2.32. The van der Waals surface area contributed by atoms with Crippen LogP contribution < -0.4 is 5.32 Å². The van der Waals surface area contributed by atoms with E-state index < -0.39 is 0 Å². The largest absolute Gasteiger partial charge is 0.319 e. The number of nitrogens with one attached hydrogen (secondary N) is 1. The Hall–Kier alpha value is -1.23. The number of hydrogen-bond acceptors (Lipinski definition) is 4. The molecular formula is C6H6N2O2S. The number of hydrogen-bond donors (Lipinski definition) is 1. The Morgan fingerprint density at radius 3 is 3.00 bits per heavy atom. The van der Waals surface area contributed by atoms with Crippen molar-refractivity contribution in [1.29, 1.82) is 0 Å². The van der Waals surface area contributed by atoms with E-state index in [2.05, 4.69) is 10.3 Å². The van der Waals surface area contributed by atoms with Gasteiger partial charge in [0.2, 0.25) is 6.41 Å². The van der Waals surface area contributed by atoms with Gasteiger partial charge in [0.25, 0.3) is 0 Å². The van der Waals surface area contributed by atoms with Crippen molar-refractivity contribution in [2.45, 2.75) is 6.92 Å². The van der Waals surface area contributed by atoms with Crippen LogP contribution in [0.1, 0.15) is 16.7 Å². The van der Waals surface area contributed by atoms with Crippen LogP contribution in [0, 0.1) is 0 Å². The minimum absolute atomic E-state index is 0.0889. The van der Waals surface area contributed by atoms with Crippen LogP contribution >= 0.6 is 11.3 Å². The average molecular weight is 170 g/mol. The average Bonchev–Trinajstić information content (AvgIpc) is 2.37. The first-order valence-corrected chi connectivity index (χ1v) is 3.72. The van der Waals surface area contributed by atoms with E-state index in [4.69, 9.17) is 0 Å². The standard InChI is InChI=1S/C6H6N2O2S/c1-4(10)6-7-2-5(11-6)8-3-9/h2-3H,1H3,(H,8,9). The molecule has 58 valence electrons. The molecular weight excluding hydrogens is 164 g/mol. The second kappa shape index (κ2) is 3.25. The van der Waals surface area contributed by atoms with Gasteiger partial charge in [0, 0.05) is 6.92 Å². The Bertz CT molecular complexity index is 282. The number of Topliss-reactive ketones (excluding diaryl/α,β-unsaturated/α-hetero) is 1. The zero-order valence-electron chi connectivity index (χ0n) is 5.83. The highest BCUT2D eigenvalue weighted by Crippen LogP contribution is 2.17. The van der Waals surface area contributed by atoms with Crippen molar-refractivity contribution >= 4 is 28.5 Å². The summed E-state index contributed by atoms with van der Waals surface area (Å²) in [6, 6.07) is 0. The highest BCUT2D eigenvalue weighted by atomic mass is 32.1. The number of thiazole rings is 1. The highest BCUT2D eigenvalue weighted by Gasteiger charge is 2.04. The van der Waals surface area contributed by atoms with Crippen molar-refractivity contribution in [3.05, 3.63) is 11.2 Å². The van der Waals surface area contributed by atoms with Crippen LogP contribution in [0.3, 0.4) is 0 Å². The lowest BCUT2D eigenvalue weighted by Crippen LogP contribution is -1.89. The molecule has 0 aliphatic rings. The van der Waals surface area contributed by atoms with Crippen LogP contribution in [0.4, 0.5) is 5.00 Å². The first-order valence-electron chi connectivity index (χ1n) is 2.91. The Labute approximate surface area is 67.3 Å². The number of aromatic nitrogens is 1. The molecule has 1 aromatic heterocycles. The van der Waals surface area contributed by atoms with E-state index in [1.165, 1.54) is 13.1 Å². The van der Waals surface area contributed by atoms with Gasteiger partial charge < -0.3 is 5.32 Å². The lowest BCUT2D eigenvalue weighted by atomic mass is 10.5. The van der Waals surface area contributed by atoms with E-state index in [1.807, 2.05) is 0 Å². The van der Waals surface area contributed by atoms with Crippen LogP contribution in [-0.2, 0) is 4.79 Å². The van der Waals surface area contributed by atoms with Crippen molar-refractivity contribution in [3.8, 4) is 0 Å². The van der Waals surface area contributed by atoms with E-state index in [1.54, 1.807) is 0 Å². The fraction of sp³-hybridized carbons (Fsp3) is 0.167. The van der Waals surface area contributed by atoms with Gasteiger partial charge in [0.05, 0.1) is 6.20 Å². The number of nitrogens with zero attached hydrogens (tertiary/aromatic N) is 1. The van der Waals surface area contributed by atoms with Gasteiger partial charge in [-0.2, -0.15) is 0 Å². The van der Waals surface area contributed by atoms with Gasteiger partial charge in [-0.15, -0.1) is 0 Å². The van der Waals surface area contributed by atoms with Gasteiger partial charge in [-0.3, -0.25) is 9.59 Å². The van der Waals surface area contributed by atoms with Gasteiger partial charge in [0.15, 0.2) is 10.8 Å². The molecule has 0 aliphatic carbocycles. The summed E-state index contributed by atoms with van der Waals surface area (Å²) in [5.41, 5.74) is 0. The molecule has 0 radical (unpaired) electrons. The van der Waals surface area contributed by atoms with Gasteiger partial charge in [0.1, 0.15) is 5.00 Å². The first-order chi connectivity index (χ1) is 5.24. The van der Waals surface area contributed by atoms with Crippen molar-refractivity contribution in [1.82, 2.24) is 4.98 Å². The Morgan fingerprint density at radius 2 is 2.55 bits per heavy atom. The quantitative estimate of drug-likeness (QED) is 0.542. The Morgan fingerprint density at radius 1 is 1.82 bits per heavy atom. The third kappa shape index (κ3) is 1.84. The summed E-state index contributed by atoms with van der Waals surface area (Å²) in [6.45, 7) is 1.43. The third-order valence-corrected chi connectivity index (χ3v) is 2.04. The molecule has 5 heteroatoms. The lowest BCUT2D eigenvalue weighted by Gasteiger charge is -1.85. The molecule has 1 aromatic rings. The summed E-state index contributed by atoms with van der Waals surface area (Å²) in [6.07, 6.45) is 2.01. The van der Waals surface area contributed by atoms with Crippen molar-refractivity contribution < 1.29 is 9.59 Å². The summed E-state index contributed by atoms with van der Waals surface area (Å²) in [5, 5.41) is 3.41. The lowest BCUT2D eigenvalue weighted by molar-refractivity contribution is -0.105. The van der Waals surface area contributed by atoms with Crippen molar-refractivity contribution in [3.63, 3.8) is 0 Å². The van der Waals surface area contributed by atoms with Crippen LogP contribution in [0.2, 0.25) is 0 Å². The number of carbonyl (C=O) groups excluding carboxylic acids is 2. The number of ketones is 1. The SMILES string of the molecule is CC(=O)c1ncc(NC=O)s1. The molecule has 0 aromatic carbocycles. The summed E-state index contributed by atoms with van der Waals surface area (Å²) in [7, 11) is 0. The first kappa shape index (κ1) is 7.87. The van der Waals surface area contributed by atoms with E-state index in [9.17, 15) is 9.59 Å². The fourth-order valence-corrected chi connectivity index (χ4v) is 1.23. The normalized spacial score (nSPS) is 9.18. The second-order valence-electron chi connectivity index (χ2n) is 1.85. The van der Waals surface area contributed by atoms with Crippen molar-refractivity contribution in [2.75, 3.05) is 5.32 Å². The predicted octanol–water partition coefficient (Wildman–Crippen LogP) is 0.914. The smallest absolute Gasteiger partial charge is 0.212 e. The van der Waals surface area contributed by atoms with Crippen LogP contribution in [0.5, 0.6) is 0 Å². The molecule has 0 unspecified atom stereocenters. The maximum Gasteiger partial charge on any atom is 0.212 e. The maximum atomic E-state index is 10.7. The second-order valence-corrected chi connectivity index (χ2v) is 2.88. The van der Waals surface area contributed by atoms with Gasteiger partial charge in [-0.25, -0.2) is 4.98 Å². The van der Waals surface area contributed by atoms with Crippen LogP contribution in [-0.4, -0.2) is 17.2 Å². The number of amides is 1. The van der Waals surface area contributed by atoms with Crippen molar-refractivity contribution in [2.24, 2.45) is 0 Å². The fourth-order valence-electron chi connectivity index (χ4n) is 0.562. The molecule has 1 heterocycles. The minimum atomic E-state index is -0.0889. The van der Waals surface area contributed by atoms with E-state index >= 15 is 0 Å². The monoisotopic (exact) mass is 170 g/mol. The zero-order valence-corrected chi connectivity index (χ0v) is 6.64.